The van der Waals surface area contributed by atoms with E-state index in [-0.39, 0.29) is 11.8 Å². The number of nitrogens with one attached hydrogen (secondary N) is 3. The zero-order valence-electron chi connectivity index (χ0n) is 18.8. The Labute approximate surface area is 185 Å². The molecule has 0 spiro atoms. The molecule has 0 saturated carbocycles. The van der Waals surface area contributed by atoms with Crippen molar-refractivity contribution >= 4 is 23.5 Å². The first kappa shape index (κ1) is 23.1. The second-order valence-corrected chi connectivity index (χ2v) is 8.16. The molecule has 2 heterocycles. The number of likely N-dealkylation sites (N-methyl/N-ethyl adjacent to an activating group) is 1. The van der Waals surface area contributed by atoms with Gasteiger partial charge in [0.25, 0.3) is 0 Å². The van der Waals surface area contributed by atoms with Gasteiger partial charge in [0.1, 0.15) is 0 Å². The Morgan fingerprint density at radius 2 is 1.94 bits per heavy atom. The van der Waals surface area contributed by atoms with Crippen LogP contribution in [0.25, 0.3) is 0 Å². The SMILES string of the molecule is CCNC(=NCCCC(=O)N1CCc2ccccc21)NC1CCN(CC(=O)NC)CC1. The van der Waals surface area contributed by atoms with E-state index in [1.165, 1.54) is 5.56 Å². The molecule has 0 radical (unpaired) electrons. The van der Waals surface area contributed by atoms with E-state index >= 15 is 0 Å². The van der Waals surface area contributed by atoms with Crippen LogP contribution in [-0.4, -0.2) is 75.0 Å². The second kappa shape index (κ2) is 11.7. The largest absolute Gasteiger partial charge is 0.358 e. The third kappa shape index (κ3) is 6.69. The molecule has 0 atom stereocenters. The molecule has 170 valence electrons. The van der Waals surface area contributed by atoms with E-state index in [9.17, 15) is 9.59 Å². The molecule has 1 saturated heterocycles. The minimum absolute atomic E-state index is 0.0632. The van der Waals surface area contributed by atoms with E-state index in [1.54, 1.807) is 7.05 Å². The van der Waals surface area contributed by atoms with Crippen molar-refractivity contribution in [3.05, 3.63) is 29.8 Å². The van der Waals surface area contributed by atoms with Gasteiger partial charge in [-0.15, -0.1) is 0 Å². The molecule has 0 aliphatic carbocycles. The van der Waals surface area contributed by atoms with Gasteiger partial charge in [-0.1, -0.05) is 18.2 Å². The average molecular weight is 429 g/mol. The molecule has 1 aromatic carbocycles. The minimum atomic E-state index is 0.0632. The number of para-hydroxylation sites is 1. The van der Waals surface area contributed by atoms with Crippen LogP contribution in [0.4, 0.5) is 5.69 Å². The molecular formula is C23H36N6O2. The van der Waals surface area contributed by atoms with Gasteiger partial charge in [0.05, 0.1) is 6.54 Å². The number of nitrogens with zero attached hydrogens (tertiary/aromatic N) is 3. The van der Waals surface area contributed by atoms with E-state index in [4.69, 9.17) is 0 Å². The molecule has 8 heteroatoms. The highest BCUT2D eigenvalue weighted by Crippen LogP contribution is 2.28. The number of amides is 2. The van der Waals surface area contributed by atoms with Crippen LogP contribution in [0.5, 0.6) is 0 Å². The number of guanidine groups is 1. The average Bonchev–Trinajstić information content (AvgIpc) is 3.22. The highest BCUT2D eigenvalue weighted by Gasteiger charge is 2.24. The summed E-state index contributed by atoms with van der Waals surface area (Å²) in [7, 11) is 1.67. The summed E-state index contributed by atoms with van der Waals surface area (Å²) in [6.45, 7) is 6.51. The quantitative estimate of drug-likeness (QED) is 0.328. The van der Waals surface area contributed by atoms with Crippen molar-refractivity contribution in [2.24, 2.45) is 4.99 Å². The number of carbonyl (C=O) groups excluding carboxylic acids is 2. The molecule has 2 aliphatic rings. The monoisotopic (exact) mass is 428 g/mol. The zero-order chi connectivity index (χ0) is 22.1. The summed E-state index contributed by atoms with van der Waals surface area (Å²) < 4.78 is 0. The van der Waals surface area contributed by atoms with Crippen LogP contribution in [0.2, 0.25) is 0 Å². The lowest BCUT2D eigenvalue weighted by atomic mass is 10.1. The van der Waals surface area contributed by atoms with Gasteiger partial charge in [-0.25, -0.2) is 0 Å². The van der Waals surface area contributed by atoms with Crippen LogP contribution in [0.1, 0.15) is 38.2 Å². The Morgan fingerprint density at radius 3 is 2.68 bits per heavy atom. The van der Waals surface area contributed by atoms with Gasteiger partial charge >= 0.3 is 0 Å². The molecule has 2 amide bonds. The molecule has 1 fully saturated rings. The summed E-state index contributed by atoms with van der Waals surface area (Å²) in [4.78, 5) is 32.9. The van der Waals surface area contributed by atoms with E-state index in [1.807, 2.05) is 23.1 Å². The first-order valence-electron chi connectivity index (χ1n) is 11.5. The summed E-state index contributed by atoms with van der Waals surface area (Å²) in [5, 5.41) is 9.50. The van der Waals surface area contributed by atoms with Gasteiger partial charge in [0.2, 0.25) is 11.8 Å². The normalized spacial score (nSPS) is 17.4. The third-order valence-corrected chi connectivity index (χ3v) is 5.93. The standard InChI is InChI=1S/C23H36N6O2/c1-3-25-23(27-19-11-14-28(15-12-19)17-21(30)24-2)26-13-6-9-22(31)29-16-10-18-7-4-5-8-20(18)29/h4-5,7-8,19H,3,6,9-17H2,1-2H3,(H,24,30)(H2,25,26,27). The van der Waals surface area contributed by atoms with Crippen molar-refractivity contribution in [1.29, 1.82) is 0 Å². The first-order chi connectivity index (χ1) is 15.1. The Balaban J connectivity index is 1.41. The summed E-state index contributed by atoms with van der Waals surface area (Å²) in [5.74, 6) is 1.06. The van der Waals surface area contributed by atoms with Crippen LogP contribution < -0.4 is 20.9 Å². The third-order valence-electron chi connectivity index (χ3n) is 5.93. The molecule has 8 nitrogen and oxygen atoms in total. The molecule has 31 heavy (non-hydrogen) atoms. The van der Waals surface area contributed by atoms with Gasteiger partial charge in [0.15, 0.2) is 5.96 Å². The van der Waals surface area contributed by atoms with Crippen molar-refractivity contribution in [3.8, 4) is 0 Å². The van der Waals surface area contributed by atoms with Crippen LogP contribution in [0.3, 0.4) is 0 Å². The molecule has 1 aromatic rings. The number of piperidine rings is 1. The highest BCUT2D eigenvalue weighted by atomic mass is 16.2. The Morgan fingerprint density at radius 1 is 1.16 bits per heavy atom. The van der Waals surface area contributed by atoms with Crippen LogP contribution >= 0.6 is 0 Å². The number of anilines is 1. The fraction of sp³-hybridized carbons (Fsp3) is 0.609. The Hall–Kier alpha value is -2.61. The Kier molecular flexibility index (Phi) is 8.70. The number of hydrogen-bond acceptors (Lipinski definition) is 4. The molecule has 0 aromatic heterocycles. The number of rotatable bonds is 8. The predicted molar refractivity (Wildman–Crippen MR) is 124 cm³/mol. The number of carbonyl (C=O) groups is 2. The minimum Gasteiger partial charge on any atom is -0.358 e. The van der Waals surface area contributed by atoms with Crippen molar-refractivity contribution in [2.75, 3.05) is 51.2 Å². The Bertz CT molecular complexity index is 773. The maximum atomic E-state index is 12.6. The highest BCUT2D eigenvalue weighted by molar-refractivity contribution is 5.95. The lowest BCUT2D eigenvalue weighted by Gasteiger charge is -2.32. The number of fused-ring (bicyclic) bond motifs is 1. The van der Waals surface area contributed by atoms with Gasteiger partial charge < -0.3 is 20.9 Å². The molecule has 2 aliphatic heterocycles. The van der Waals surface area contributed by atoms with Crippen LogP contribution in [-0.2, 0) is 16.0 Å². The van der Waals surface area contributed by atoms with Crippen molar-refractivity contribution in [3.63, 3.8) is 0 Å². The lowest BCUT2D eigenvalue weighted by Crippen LogP contribution is -2.50. The molecule has 0 bridgehead atoms. The van der Waals surface area contributed by atoms with E-state index in [0.29, 0.717) is 25.6 Å². The molecular weight excluding hydrogens is 392 g/mol. The van der Waals surface area contributed by atoms with E-state index < -0.39 is 0 Å². The van der Waals surface area contributed by atoms with E-state index in [0.717, 1.165) is 63.5 Å². The number of likely N-dealkylation sites (tertiary alicyclic amines) is 1. The summed E-state index contributed by atoms with van der Waals surface area (Å²) >= 11 is 0. The summed E-state index contributed by atoms with van der Waals surface area (Å²) in [6, 6.07) is 8.51. The summed E-state index contributed by atoms with van der Waals surface area (Å²) in [6.07, 6.45) is 4.15. The predicted octanol–water partition coefficient (Wildman–Crippen LogP) is 1.12. The van der Waals surface area contributed by atoms with Crippen LogP contribution in [0.15, 0.2) is 29.3 Å². The van der Waals surface area contributed by atoms with Crippen LogP contribution in [0, 0.1) is 0 Å². The van der Waals surface area contributed by atoms with Crippen molar-refractivity contribution in [1.82, 2.24) is 20.9 Å². The number of aliphatic imine (C=N–C) groups is 1. The second-order valence-electron chi connectivity index (χ2n) is 8.16. The van der Waals surface area contributed by atoms with Gasteiger partial charge in [-0.2, -0.15) is 0 Å². The van der Waals surface area contributed by atoms with E-state index in [2.05, 4.69) is 38.8 Å². The van der Waals surface area contributed by atoms with Gasteiger partial charge in [-0.3, -0.25) is 19.5 Å². The topological polar surface area (TPSA) is 89.1 Å². The van der Waals surface area contributed by atoms with Crippen molar-refractivity contribution < 1.29 is 9.59 Å². The maximum Gasteiger partial charge on any atom is 0.233 e. The molecule has 0 unspecified atom stereocenters. The van der Waals surface area contributed by atoms with Crippen molar-refractivity contribution in [2.45, 2.75) is 45.1 Å². The fourth-order valence-corrected chi connectivity index (χ4v) is 4.18. The smallest absolute Gasteiger partial charge is 0.233 e. The zero-order valence-corrected chi connectivity index (χ0v) is 18.8. The summed E-state index contributed by atoms with van der Waals surface area (Å²) in [5.41, 5.74) is 2.32. The number of hydrogen-bond donors (Lipinski definition) is 3. The van der Waals surface area contributed by atoms with Gasteiger partial charge in [0, 0.05) is 57.9 Å². The molecule has 3 rings (SSSR count). The maximum absolute atomic E-state index is 12.6. The van der Waals surface area contributed by atoms with Gasteiger partial charge in [-0.05, 0) is 44.2 Å². The first-order valence-corrected chi connectivity index (χ1v) is 11.5. The number of benzene rings is 1. The lowest BCUT2D eigenvalue weighted by molar-refractivity contribution is -0.122. The molecule has 3 N–H and O–H groups in total. The fourth-order valence-electron chi connectivity index (χ4n) is 4.18.